The highest BCUT2D eigenvalue weighted by Gasteiger charge is 2.19. The second-order valence-electron chi connectivity index (χ2n) is 5.74. The van der Waals surface area contributed by atoms with Crippen LogP contribution in [0.4, 0.5) is 4.79 Å². The van der Waals surface area contributed by atoms with Crippen molar-refractivity contribution >= 4 is 12.0 Å². The summed E-state index contributed by atoms with van der Waals surface area (Å²) < 4.78 is 0. The molecule has 0 heterocycles. The Labute approximate surface area is 132 Å². The third kappa shape index (κ3) is 6.16. The molecule has 1 rings (SSSR count). The molecule has 0 saturated heterocycles. The van der Waals surface area contributed by atoms with Crippen LogP contribution in [0.5, 0.6) is 0 Å². The van der Waals surface area contributed by atoms with Crippen molar-refractivity contribution in [2.75, 3.05) is 13.6 Å². The van der Waals surface area contributed by atoms with Gasteiger partial charge in [0.15, 0.2) is 0 Å². The number of hydrogen-bond donors (Lipinski definition) is 2. The summed E-state index contributed by atoms with van der Waals surface area (Å²) in [6, 6.07) is 9.88. The van der Waals surface area contributed by atoms with E-state index < -0.39 is 11.9 Å². The number of nitrogens with zero attached hydrogens (tertiary/aromatic N) is 1. The van der Waals surface area contributed by atoms with Gasteiger partial charge in [0.05, 0.1) is 5.92 Å². The number of aliphatic carboxylic acids is 1. The molecule has 1 aromatic carbocycles. The third-order valence-electron chi connectivity index (χ3n) is 3.61. The Morgan fingerprint density at radius 1 is 1.27 bits per heavy atom. The summed E-state index contributed by atoms with van der Waals surface area (Å²) in [6.07, 6.45) is 2.65. The van der Waals surface area contributed by atoms with Crippen molar-refractivity contribution in [2.24, 2.45) is 5.92 Å². The lowest BCUT2D eigenvalue weighted by molar-refractivity contribution is -0.141. The maximum atomic E-state index is 12.2. The number of carbonyl (C=O) groups excluding carboxylic acids is 1. The normalized spacial score (nSPS) is 13.2. The lowest BCUT2D eigenvalue weighted by Gasteiger charge is -2.24. The van der Waals surface area contributed by atoms with E-state index in [1.165, 1.54) is 10.5 Å². The van der Waals surface area contributed by atoms with Crippen LogP contribution in [0.25, 0.3) is 0 Å². The highest BCUT2D eigenvalue weighted by molar-refractivity contribution is 5.76. The van der Waals surface area contributed by atoms with E-state index in [4.69, 9.17) is 5.11 Å². The minimum Gasteiger partial charge on any atom is -0.481 e. The largest absolute Gasteiger partial charge is 0.481 e. The smallest absolute Gasteiger partial charge is 0.317 e. The minimum absolute atomic E-state index is 0.0579. The van der Waals surface area contributed by atoms with E-state index in [2.05, 4.69) is 12.2 Å². The summed E-state index contributed by atoms with van der Waals surface area (Å²) in [7, 11) is 1.63. The fourth-order valence-corrected chi connectivity index (χ4v) is 2.33. The number of benzene rings is 1. The molecule has 2 atom stereocenters. The molecule has 0 radical (unpaired) electrons. The number of nitrogens with one attached hydrogen (secondary N) is 1. The number of hydrogen-bond acceptors (Lipinski definition) is 2. The van der Waals surface area contributed by atoms with Gasteiger partial charge in [0.25, 0.3) is 0 Å². The van der Waals surface area contributed by atoms with E-state index in [1.54, 1.807) is 14.0 Å². The molecule has 5 heteroatoms. The van der Waals surface area contributed by atoms with E-state index in [9.17, 15) is 9.59 Å². The molecule has 2 amide bonds. The van der Waals surface area contributed by atoms with Crippen LogP contribution in [-0.2, 0) is 11.2 Å². The predicted octanol–water partition coefficient (Wildman–Crippen LogP) is 2.76. The zero-order chi connectivity index (χ0) is 16.5. The molecule has 0 saturated carbocycles. The number of urea groups is 1. The molecule has 0 bridgehead atoms. The molecule has 0 aliphatic heterocycles. The van der Waals surface area contributed by atoms with Gasteiger partial charge < -0.3 is 15.3 Å². The molecule has 5 nitrogen and oxygen atoms in total. The Hall–Kier alpha value is -2.04. The molecule has 0 spiro atoms. The van der Waals surface area contributed by atoms with Crippen molar-refractivity contribution in [2.45, 2.75) is 39.2 Å². The molecular weight excluding hydrogens is 280 g/mol. The van der Waals surface area contributed by atoms with Gasteiger partial charge in [-0.15, -0.1) is 0 Å². The van der Waals surface area contributed by atoms with Crippen molar-refractivity contribution in [3.8, 4) is 0 Å². The van der Waals surface area contributed by atoms with Crippen LogP contribution in [0.1, 0.15) is 32.3 Å². The molecule has 0 aliphatic rings. The van der Waals surface area contributed by atoms with Crippen LogP contribution in [-0.4, -0.2) is 41.6 Å². The van der Waals surface area contributed by atoms with Gasteiger partial charge in [-0.2, -0.15) is 0 Å². The SMILES string of the molecule is CCCC(Cc1ccccc1)NC(=O)N(C)CC(C)C(=O)O. The van der Waals surface area contributed by atoms with Crippen LogP contribution in [0, 0.1) is 5.92 Å². The first kappa shape index (κ1) is 18.0. The Kier molecular flexibility index (Phi) is 7.43. The van der Waals surface area contributed by atoms with Gasteiger partial charge in [-0.3, -0.25) is 4.79 Å². The van der Waals surface area contributed by atoms with Crippen LogP contribution in [0.3, 0.4) is 0 Å². The Morgan fingerprint density at radius 2 is 1.91 bits per heavy atom. The van der Waals surface area contributed by atoms with Crippen LogP contribution in [0.15, 0.2) is 30.3 Å². The zero-order valence-electron chi connectivity index (χ0n) is 13.6. The number of carbonyl (C=O) groups is 2. The molecule has 0 aliphatic carbocycles. The summed E-state index contributed by atoms with van der Waals surface area (Å²) >= 11 is 0. The monoisotopic (exact) mass is 306 g/mol. The van der Waals surface area contributed by atoms with Crippen molar-refractivity contribution in [1.82, 2.24) is 10.2 Å². The highest BCUT2D eigenvalue weighted by Crippen LogP contribution is 2.08. The van der Waals surface area contributed by atoms with Crippen LogP contribution < -0.4 is 5.32 Å². The minimum atomic E-state index is -0.894. The maximum absolute atomic E-state index is 12.2. The van der Waals surface area contributed by atoms with Crippen LogP contribution in [0.2, 0.25) is 0 Å². The van der Waals surface area contributed by atoms with E-state index >= 15 is 0 Å². The fraction of sp³-hybridized carbons (Fsp3) is 0.529. The van der Waals surface area contributed by atoms with Gasteiger partial charge in [0, 0.05) is 19.6 Å². The highest BCUT2D eigenvalue weighted by atomic mass is 16.4. The fourth-order valence-electron chi connectivity index (χ4n) is 2.33. The van der Waals surface area contributed by atoms with Gasteiger partial charge in [-0.1, -0.05) is 50.6 Å². The molecule has 0 aromatic heterocycles. The summed E-state index contributed by atoms with van der Waals surface area (Å²) in [5.74, 6) is -1.47. The number of carboxylic acid groups (broad SMARTS) is 1. The summed E-state index contributed by atoms with van der Waals surface area (Å²) in [5.41, 5.74) is 1.18. The summed E-state index contributed by atoms with van der Waals surface area (Å²) in [5, 5.41) is 11.9. The summed E-state index contributed by atoms with van der Waals surface area (Å²) in [6.45, 7) is 3.88. The van der Waals surface area contributed by atoms with E-state index in [-0.39, 0.29) is 18.6 Å². The molecule has 2 unspecified atom stereocenters. The third-order valence-corrected chi connectivity index (χ3v) is 3.61. The molecule has 22 heavy (non-hydrogen) atoms. The van der Waals surface area contributed by atoms with E-state index in [0.717, 1.165) is 19.3 Å². The van der Waals surface area contributed by atoms with Gasteiger partial charge in [-0.05, 0) is 18.4 Å². The van der Waals surface area contributed by atoms with Gasteiger partial charge >= 0.3 is 12.0 Å². The molecule has 2 N–H and O–H groups in total. The van der Waals surface area contributed by atoms with Crippen LogP contribution >= 0.6 is 0 Å². The molecule has 0 fully saturated rings. The number of amides is 2. The zero-order valence-corrected chi connectivity index (χ0v) is 13.6. The molecular formula is C17H26N2O3. The first-order valence-electron chi connectivity index (χ1n) is 7.72. The first-order valence-corrected chi connectivity index (χ1v) is 7.72. The Balaban J connectivity index is 2.58. The molecule has 1 aromatic rings. The average molecular weight is 306 g/mol. The van der Waals surface area contributed by atoms with Crippen molar-refractivity contribution in [1.29, 1.82) is 0 Å². The second-order valence-corrected chi connectivity index (χ2v) is 5.74. The standard InChI is InChI=1S/C17H26N2O3/c1-4-8-15(11-14-9-6-5-7-10-14)18-17(22)19(3)12-13(2)16(20)21/h5-7,9-10,13,15H,4,8,11-12H2,1-3H3,(H,18,22)(H,20,21). The quantitative estimate of drug-likeness (QED) is 0.776. The number of rotatable bonds is 8. The van der Waals surface area contributed by atoms with Crippen molar-refractivity contribution in [3.63, 3.8) is 0 Å². The van der Waals surface area contributed by atoms with Crippen molar-refractivity contribution in [3.05, 3.63) is 35.9 Å². The van der Waals surface area contributed by atoms with E-state index in [1.807, 2.05) is 30.3 Å². The average Bonchev–Trinajstić information content (AvgIpc) is 2.48. The van der Waals surface area contributed by atoms with Gasteiger partial charge in [0.1, 0.15) is 0 Å². The number of carboxylic acids is 1. The van der Waals surface area contributed by atoms with Gasteiger partial charge in [0.2, 0.25) is 0 Å². The maximum Gasteiger partial charge on any atom is 0.317 e. The predicted molar refractivity (Wildman–Crippen MR) is 86.8 cm³/mol. The Bertz CT molecular complexity index is 476. The van der Waals surface area contributed by atoms with Gasteiger partial charge in [-0.25, -0.2) is 4.79 Å². The van der Waals surface area contributed by atoms with Crippen molar-refractivity contribution < 1.29 is 14.7 Å². The topological polar surface area (TPSA) is 69.6 Å². The lowest BCUT2D eigenvalue weighted by Crippen LogP contribution is -2.45. The second kappa shape index (κ2) is 9.07. The first-order chi connectivity index (χ1) is 10.4. The lowest BCUT2D eigenvalue weighted by atomic mass is 10.0. The summed E-state index contributed by atoms with van der Waals surface area (Å²) in [4.78, 5) is 24.5. The van der Waals surface area contributed by atoms with E-state index in [0.29, 0.717) is 0 Å². The molecule has 122 valence electrons. The Morgan fingerprint density at radius 3 is 2.45 bits per heavy atom.